The number of nitrogens with zero attached hydrogens (tertiary/aromatic N) is 1. The number of nitrogens with one attached hydrogen (secondary N) is 1. The Bertz CT molecular complexity index is 274. The maximum atomic E-state index is 4.30. The van der Waals surface area contributed by atoms with E-state index in [0.29, 0.717) is 6.04 Å². The van der Waals surface area contributed by atoms with Gasteiger partial charge in [0.2, 0.25) is 0 Å². The van der Waals surface area contributed by atoms with Crippen LogP contribution in [0.4, 0.5) is 0 Å². The average Bonchev–Trinajstić information content (AvgIpc) is 2.85. The standard InChI is InChI=1S/C11H18N2S2/c1-2-14-10-5-3-4-9(10)13-8-11-12-6-7-15-11/h6-7,9-10,13H,2-5,8H2,1H3. The lowest BCUT2D eigenvalue weighted by Crippen LogP contribution is -2.33. The molecule has 1 heterocycles. The van der Waals surface area contributed by atoms with Crippen molar-refractivity contribution in [1.82, 2.24) is 10.3 Å². The first kappa shape index (κ1) is 11.4. The van der Waals surface area contributed by atoms with Gasteiger partial charge in [-0.1, -0.05) is 13.3 Å². The van der Waals surface area contributed by atoms with Crippen LogP contribution < -0.4 is 5.32 Å². The molecule has 2 rings (SSSR count). The molecule has 4 heteroatoms. The van der Waals surface area contributed by atoms with E-state index in [1.54, 1.807) is 11.3 Å². The Kier molecular flexibility index (Phi) is 4.47. The van der Waals surface area contributed by atoms with Crippen molar-refractivity contribution in [3.8, 4) is 0 Å². The molecule has 1 fully saturated rings. The van der Waals surface area contributed by atoms with Crippen molar-refractivity contribution >= 4 is 23.1 Å². The minimum Gasteiger partial charge on any atom is -0.307 e. The Morgan fingerprint density at radius 2 is 2.53 bits per heavy atom. The summed E-state index contributed by atoms with van der Waals surface area (Å²) >= 11 is 3.85. The monoisotopic (exact) mass is 242 g/mol. The van der Waals surface area contributed by atoms with E-state index in [9.17, 15) is 0 Å². The first-order valence-electron chi connectivity index (χ1n) is 5.63. The normalized spacial score (nSPS) is 25.9. The highest BCUT2D eigenvalue weighted by atomic mass is 32.2. The third-order valence-electron chi connectivity index (χ3n) is 2.83. The van der Waals surface area contributed by atoms with Crippen LogP contribution in [-0.4, -0.2) is 22.0 Å². The summed E-state index contributed by atoms with van der Waals surface area (Å²) in [6, 6.07) is 0.707. The Hall–Kier alpha value is -0.0600. The number of hydrogen-bond donors (Lipinski definition) is 1. The maximum Gasteiger partial charge on any atom is 0.106 e. The SMILES string of the molecule is CCSC1CCCC1NCc1nccs1. The van der Waals surface area contributed by atoms with Gasteiger partial charge >= 0.3 is 0 Å². The number of rotatable bonds is 5. The summed E-state index contributed by atoms with van der Waals surface area (Å²) in [6.07, 6.45) is 5.99. The second-order valence-corrected chi connectivity index (χ2v) is 6.33. The summed E-state index contributed by atoms with van der Waals surface area (Å²) in [5.74, 6) is 1.24. The predicted octanol–water partition coefficient (Wildman–Crippen LogP) is 2.91. The summed E-state index contributed by atoms with van der Waals surface area (Å²) in [5, 5.41) is 7.73. The quantitative estimate of drug-likeness (QED) is 0.859. The predicted molar refractivity (Wildman–Crippen MR) is 68.5 cm³/mol. The first-order valence-corrected chi connectivity index (χ1v) is 7.56. The third-order valence-corrected chi connectivity index (χ3v) is 4.94. The summed E-state index contributed by atoms with van der Waals surface area (Å²) in [7, 11) is 0. The van der Waals surface area contributed by atoms with Crippen molar-refractivity contribution in [2.24, 2.45) is 0 Å². The minimum atomic E-state index is 0.707. The molecule has 0 bridgehead atoms. The Labute approximate surface area is 99.9 Å². The zero-order chi connectivity index (χ0) is 10.5. The van der Waals surface area contributed by atoms with Crippen molar-refractivity contribution in [3.05, 3.63) is 16.6 Å². The van der Waals surface area contributed by atoms with Crippen molar-refractivity contribution in [2.45, 2.75) is 44.0 Å². The molecule has 15 heavy (non-hydrogen) atoms. The molecule has 1 aromatic rings. The van der Waals surface area contributed by atoms with Crippen LogP contribution in [0.5, 0.6) is 0 Å². The fourth-order valence-corrected chi connectivity index (χ4v) is 3.93. The van der Waals surface area contributed by atoms with Gasteiger partial charge in [-0.25, -0.2) is 4.98 Å². The van der Waals surface area contributed by atoms with Gasteiger partial charge in [-0.3, -0.25) is 0 Å². The molecule has 0 aromatic carbocycles. The maximum absolute atomic E-state index is 4.30. The van der Waals surface area contributed by atoms with Crippen molar-refractivity contribution in [1.29, 1.82) is 0 Å². The smallest absolute Gasteiger partial charge is 0.106 e. The molecule has 1 aliphatic rings. The molecular formula is C11H18N2S2. The van der Waals surface area contributed by atoms with Crippen LogP contribution in [0, 0.1) is 0 Å². The van der Waals surface area contributed by atoms with E-state index in [4.69, 9.17) is 0 Å². The molecule has 1 aromatic heterocycles. The van der Waals surface area contributed by atoms with Gasteiger partial charge in [0.25, 0.3) is 0 Å². The van der Waals surface area contributed by atoms with Crippen molar-refractivity contribution < 1.29 is 0 Å². The van der Waals surface area contributed by atoms with Crippen LogP contribution in [0.25, 0.3) is 0 Å². The molecule has 2 atom stereocenters. The fraction of sp³-hybridized carbons (Fsp3) is 0.727. The van der Waals surface area contributed by atoms with E-state index < -0.39 is 0 Å². The lowest BCUT2D eigenvalue weighted by Gasteiger charge is -2.19. The van der Waals surface area contributed by atoms with Gasteiger partial charge in [-0.15, -0.1) is 11.3 Å². The molecule has 1 saturated carbocycles. The minimum absolute atomic E-state index is 0.707. The Morgan fingerprint density at radius 3 is 3.27 bits per heavy atom. The Balaban J connectivity index is 1.78. The topological polar surface area (TPSA) is 24.9 Å². The highest BCUT2D eigenvalue weighted by Gasteiger charge is 2.26. The molecule has 84 valence electrons. The van der Waals surface area contributed by atoms with E-state index >= 15 is 0 Å². The zero-order valence-corrected chi connectivity index (χ0v) is 10.7. The van der Waals surface area contributed by atoms with Crippen LogP contribution >= 0.6 is 23.1 Å². The van der Waals surface area contributed by atoms with E-state index in [0.717, 1.165) is 11.8 Å². The molecule has 1 aliphatic carbocycles. The van der Waals surface area contributed by atoms with Crippen molar-refractivity contribution in [2.75, 3.05) is 5.75 Å². The van der Waals surface area contributed by atoms with Gasteiger partial charge in [-0.05, 0) is 18.6 Å². The number of thioether (sulfide) groups is 1. The lowest BCUT2D eigenvalue weighted by atomic mass is 10.2. The van der Waals surface area contributed by atoms with Crippen LogP contribution in [0.1, 0.15) is 31.2 Å². The lowest BCUT2D eigenvalue weighted by molar-refractivity contribution is 0.531. The van der Waals surface area contributed by atoms with Gasteiger partial charge in [0.05, 0.1) is 0 Å². The fourth-order valence-electron chi connectivity index (χ4n) is 2.13. The van der Waals surface area contributed by atoms with E-state index in [1.807, 2.05) is 11.6 Å². The van der Waals surface area contributed by atoms with E-state index in [2.05, 4.69) is 29.0 Å². The van der Waals surface area contributed by atoms with Crippen LogP contribution in [0.15, 0.2) is 11.6 Å². The Morgan fingerprint density at radius 1 is 1.60 bits per heavy atom. The average molecular weight is 242 g/mol. The molecule has 0 spiro atoms. The number of hydrogen-bond acceptors (Lipinski definition) is 4. The summed E-state index contributed by atoms with van der Waals surface area (Å²) in [6.45, 7) is 3.20. The molecule has 0 aliphatic heterocycles. The molecule has 0 saturated heterocycles. The summed E-state index contributed by atoms with van der Waals surface area (Å²) < 4.78 is 0. The summed E-state index contributed by atoms with van der Waals surface area (Å²) in [5.41, 5.74) is 0. The molecule has 1 N–H and O–H groups in total. The molecular weight excluding hydrogens is 224 g/mol. The third kappa shape index (κ3) is 3.20. The van der Waals surface area contributed by atoms with Crippen molar-refractivity contribution in [3.63, 3.8) is 0 Å². The highest BCUT2D eigenvalue weighted by molar-refractivity contribution is 7.99. The van der Waals surface area contributed by atoms with Crippen LogP contribution in [0.3, 0.4) is 0 Å². The summed E-state index contributed by atoms with van der Waals surface area (Å²) in [4.78, 5) is 4.30. The van der Waals surface area contributed by atoms with E-state index in [1.165, 1.54) is 30.0 Å². The highest BCUT2D eigenvalue weighted by Crippen LogP contribution is 2.30. The molecule has 0 radical (unpaired) electrons. The van der Waals surface area contributed by atoms with Gasteiger partial charge < -0.3 is 5.32 Å². The number of aromatic nitrogens is 1. The van der Waals surface area contributed by atoms with E-state index in [-0.39, 0.29) is 0 Å². The van der Waals surface area contributed by atoms with Gasteiger partial charge in [-0.2, -0.15) is 11.8 Å². The second kappa shape index (κ2) is 5.87. The number of thiazole rings is 1. The molecule has 2 unspecified atom stereocenters. The van der Waals surface area contributed by atoms with Crippen LogP contribution in [-0.2, 0) is 6.54 Å². The largest absolute Gasteiger partial charge is 0.307 e. The van der Waals surface area contributed by atoms with Gasteiger partial charge in [0.15, 0.2) is 0 Å². The zero-order valence-electron chi connectivity index (χ0n) is 9.11. The van der Waals surface area contributed by atoms with Crippen LogP contribution in [0.2, 0.25) is 0 Å². The molecule has 0 amide bonds. The molecule has 2 nitrogen and oxygen atoms in total. The van der Waals surface area contributed by atoms with Gasteiger partial charge in [0, 0.05) is 29.4 Å². The second-order valence-electron chi connectivity index (χ2n) is 3.84. The van der Waals surface area contributed by atoms with Gasteiger partial charge in [0.1, 0.15) is 5.01 Å². The first-order chi connectivity index (χ1) is 7.40.